The lowest BCUT2D eigenvalue weighted by molar-refractivity contribution is -0.134. The van der Waals surface area contributed by atoms with E-state index < -0.39 is 48.7 Å². The van der Waals surface area contributed by atoms with Crippen LogP contribution in [-0.2, 0) is 15.1 Å². The van der Waals surface area contributed by atoms with E-state index in [0.717, 1.165) is 19.2 Å². The minimum absolute atomic E-state index is 0.00991. The lowest BCUT2D eigenvalue weighted by Crippen LogP contribution is -2.47. The highest BCUT2D eigenvalue weighted by Crippen LogP contribution is 2.43. The molecular weight excluding hydrogens is 682 g/mol. The Balaban J connectivity index is 1.40. The number of nitrogens with one attached hydrogen (secondary N) is 3. The van der Waals surface area contributed by atoms with Gasteiger partial charge in [0, 0.05) is 23.4 Å². The zero-order valence-corrected chi connectivity index (χ0v) is 28.0. The molecule has 264 valence electrons. The van der Waals surface area contributed by atoms with Crippen molar-refractivity contribution in [1.82, 2.24) is 40.1 Å². The maximum absolute atomic E-state index is 14.8. The van der Waals surface area contributed by atoms with Gasteiger partial charge in [-0.3, -0.25) is 15.1 Å². The number of alkyl carbamates (subject to hydrolysis) is 1. The van der Waals surface area contributed by atoms with Gasteiger partial charge in [-0.05, 0) is 53.5 Å². The molecule has 1 saturated heterocycles. The SMILES string of the molecule is CC(C)(C)C[C@]1(c2ccc(-c3cnn(C(F)F)c3)cc2)NC(=N)N([C@H](COC(=O)NC2CC2)c2ccc(Cl)c(-c3ncnn3C(F)F)c2)C1=O. The van der Waals surface area contributed by atoms with E-state index in [-0.39, 0.29) is 34.8 Å². The Morgan fingerprint density at radius 1 is 1.10 bits per heavy atom. The number of alkyl halides is 4. The molecule has 2 atom stereocenters. The van der Waals surface area contributed by atoms with E-state index >= 15 is 0 Å². The summed E-state index contributed by atoms with van der Waals surface area (Å²) < 4.78 is 60.4. The number of benzene rings is 2. The van der Waals surface area contributed by atoms with Crippen molar-refractivity contribution in [2.24, 2.45) is 5.41 Å². The van der Waals surface area contributed by atoms with Gasteiger partial charge >= 0.3 is 19.2 Å². The van der Waals surface area contributed by atoms with Crippen LogP contribution in [0.5, 0.6) is 0 Å². The molecule has 0 bridgehead atoms. The number of hydrogen-bond donors (Lipinski definition) is 3. The van der Waals surface area contributed by atoms with Crippen molar-refractivity contribution in [2.45, 2.75) is 70.8 Å². The highest BCUT2D eigenvalue weighted by Gasteiger charge is 2.54. The Bertz CT molecular complexity index is 1910. The van der Waals surface area contributed by atoms with Crippen molar-refractivity contribution < 1.29 is 31.9 Å². The minimum atomic E-state index is -3.01. The van der Waals surface area contributed by atoms with Crippen molar-refractivity contribution in [2.75, 3.05) is 6.61 Å². The fraction of sp³-hybridized carbons (Fsp3) is 0.394. The van der Waals surface area contributed by atoms with Gasteiger partial charge in [0.25, 0.3) is 5.91 Å². The number of carbonyl (C=O) groups is 2. The van der Waals surface area contributed by atoms with E-state index in [0.29, 0.717) is 31.6 Å². The highest BCUT2D eigenvalue weighted by molar-refractivity contribution is 6.33. The van der Waals surface area contributed by atoms with E-state index in [1.807, 2.05) is 20.8 Å². The topological polar surface area (TPSA) is 143 Å². The molecule has 2 aromatic heterocycles. The van der Waals surface area contributed by atoms with Crippen molar-refractivity contribution in [3.05, 3.63) is 77.3 Å². The van der Waals surface area contributed by atoms with Crippen LogP contribution in [0.2, 0.25) is 5.02 Å². The highest BCUT2D eigenvalue weighted by atomic mass is 35.5. The van der Waals surface area contributed by atoms with Crippen LogP contribution in [0, 0.1) is 10.8 Å². The predicted molar refractivity (Wildman–Crippen MR) is 174 cm³/mol. The van der Waals surface area contributed by atoms with Gasteiger partial charge in [0.1, 0.15) is 18.5 Å². The second-order valence-electron chi connectivity index (χ2n) is 13.4. The van der Waals surface area contributed by atoms with Gasteiger partial charge in [0.2, 0.25) is 0 Å². The van der Waals surface area contributed by atoms with Gasteiger partial charge < -0.3 is 15.4 Å². The third-order valence-corrected chi connectivity index (χ3v) is 8.75. The van der Waals surface area contributed by atoms with E-state index in [1.165, 1.54) is 29.4 Å². The Kier molecular flexibility index (Phi) is 9.33. The summed E-state index contributed by atoms with van der Waals surface area (Å²) >= 11 is 6.45. The van der Waals surface area contributed by atoms with Gasteiger partial charge in [0.05, 0.1) is 17.3 Å². The second kappa shape index (κ2) is 13.4. The molecule has 12 nitrogen and oxygen atoms in total. The zero-order valence-electron chi connectivity index (χ0n) is 27.2. The predicted octanol–water partition coefficient (Wildman–Crippen LogP) is 6.88. The maximum Gasteiger partial charge on any atom is 0.407 e. The van der Waals surface area contributed by atoms with Crippen LogP contribution < -0.4 is 10.6 Å². The molecule has 2 fully saturated rings. The van der Waals surface area contributed by atoms with Crippen LogP contribution in [0.1, 0.15) is 70.3 Å². The molecule has 6 rings (SSSR count). The molecular formula is C33H34ClF4N9O3. The van der Waals surface area contributed by atoms with Crippen molar-refractivity contribution >= 4 is 29.6 Å². The van der Waals surface area contributed by atoms with E-state index in [2.05, 4.69) is 25.8 Å². The minimum Gasteiger partial charge on any atom is -0.447 e. The fourth-order valence-corrected chi connectivity index (χ4v) is 6.29. The van der Waals surface area contributed by atoms with Crippen molar-refractivity contribution in [3.63, 3.8) is 0 Å². The third kappa shape index (κ3) is 7.02. The molecule has 0 unspecified atom stereocenters. The summed E-state index contributed by atoms with van der Waals surface area (Å²) in [5.74, 6) is -1.04. The van der Waals surface area contributed by atoms with E-state index in [9.17, 15) is 27.2 Å². The summed E-state index contributed by atoms with van der Waals surface area (Å²) in [5.41, 5.74) is 0.0201. The quantitative estimate of drug-likeness (QED) is 0.144. The first-order valence-electron chi connectivity index (χ1n) is 15.7. The van der Waals surface area contributed by atoms with Gasteiger partial charge in [-0.1, -0.05) is 62.7 Å². The van der Waals surface area contributed by atoms with Gasteiger partial charge in [-0.2, -0.15) is 32.4 Å². The Morgan fingerprint density at radius 2 is 1.82 bits per heavy atom. The number of halogens is 5. The summed E-state index contributed by atoms with van der Waals surface area (Å²) in [7, 11) is 0. The summed E-state index contributed by atoms with van der Waals surface area (Å²) in [4.78, 5) is 32.7. The molecule has 50 heavy (non-hydrogen) atoms. The molecule has 1 aliphatic heterocycles. The van der Waals surface area contributed by atoms with Gasteiger partial charge in [0.15, 0.2) is 11.8 Å². The third-order valence-electron chi connectivity index (χ3n) is 8.42. The zero-order chi connectivity index (χ0) is 36.0. The number of ether oxygens (including phenoxy) is 1. The normalized spacial score (nSPS) is 18.6. The first kappa shape index (κ1) is 34.9. The largest absolute Gasteiger partial charge is 0.447 e. The summed E-state index contributed by atoms with van der Waals surface area (Å²) in [6, 6.07) is 10.1. The van der Waals surface area contributed by atoms with Crippen LogP contribution in [0.15, 0.2) is 61.2 Å². The summed E-state index contributed by atoms with van der Waals surface area (Å²) in [6.07, 6.45) is 4.64. The van der Waals surface area contributed by atoms with Gasteiger partial charge in [-0.15, -0.1) is 0 Å². The molecule has 2 aliphatic rings. The summed E-state index contributed by atoms with van der Waals surface area (Å²) in [6.45, 7) is -0.384. The van der Waals surface area contributed by atoms with Crippen molar-refractivity contribution in [1.29, 1.82) is 5.41 Å². The smallest absolute Gasteiger partial charge is 0.407 e. The molecule has 1 aliphatic carbocycles. The fourth-order valence-electron chi connectivity index (χ4n) is 6.09. The lowest BCUT2D eigenvalue weighted by Gasteiger charge is -2.35. The van der Waals surface area contributed by atoms with E-state index in [1.54, 1.807) is 30.3 Å². The first-order valence-corrected chi connectivity index (χ1v) is 16.1. The molecule has 3 N–H and O–H groups in total. The van der Waals surface area contributed by atoms with Crippen molar-refractivity contribution in [3.8, 4) is 22.5 Å². The standard InChI is InChI=1S/C33H34ClF4N9O3/c1-32(2,3)16-33(21-7-4-18(5-8-21)20-13-41-45(14-20)28(35)36)27(48)46(30(39)44-33)25(15-50-31(49)43-22-9-10-22)19-6-11-24(34)23(12-19)26-40-17-42-47(26)29(37)38/h4-8,11-14,17,22,25,28-29H,9-10,15-16H2,1-3H3,(H2,39,44)(H,43,49)/t25-,33-/m1/s1. The molecule has 0 radical (unpaired) electrons. The average Bonchev–Trinajstić information content (AvgIpc) is 3.42. The molecule has 2 aromatic carbocycles. The lowest BCUT2D eigenvalue weighted by atomic mass is 9.75. The number of amides is 2. The van der Waals surface area contributed by atoms with Crippen LogP contribution in [-0.4, -0.2) is 60.1 Å². The van der Waals surface area contributed by atoms with Crippen LogP contribution in [0.3, 0.4) is 0 Å². The molecule has 2 amide bonds. The van der Waals surface area contributed by atoms with Crippen LogP contribution in [0.4, 0.5) is 22.4 Å². The van der Waals surface area contributed by atoms with Gasteiger partial charge in [-0.25, -0.2) is 14.5 Å². The molecule has 1 saturated carbocycles. The molecule has 4 aromatic rings. The number of carbonyl (C=O) groups excluding carboxylic acids is 2. The Labute approximate surface area is 289 Å². The number of hydrogen-bond acceptors (Lipinski definition) is 7. The van der Waals surface area contributed by atoms with Crippen LogP contribution >= 0.6 is 11.6 Å². The van der Waals surface area contributed by atoms with E-state index in [4.69, 9.17) is 21.7 Å². The number of guanidine groups is 1. The molecule has 3 heterocycles. The number of rotatable bonds is 11. The number of aromatic nitrogens is 5. The Morgan fingerprint density at radius 3 is 2.44 bits per heavy atom. The number of nitrogens with zero attached hydrogens (tertiary/aromatic N) is 6. The Hall–Kier alpha value is -4.99. The average molecular weight is 716 g/mol. The molecule has 17 heteroatoms. The second-order valence-corrected chi connectivity index (χ2v) is 13.8. The maximum atomic E-state index is 14.8. The monoisotopic (exact) mass is 715 g/mol. The van der Waals surface area contributed by atoms with Crippen LogP contribution in [0.25, 0.3) is 22.5 Å². The first-order chi connectivity index (χ1) is 23.7. The summed E-state index contributed by atoms with van der Waals surface area (Å²) in [5, 5.41) is 22.3. The molecule has 0 spiro atoms.